The number of carbonyl (C=O) groups is 2. The molecule has 0 aliphatic rings. The Morgan fingerprint density at radius 3 is 2.43 bits per heavy atom. The summed E-state index contributed by atoms with van der Waals surface area (Å²) in [6, 6.07) is 13.6. The van der Waals surface area contributed by atoms with Gasteiger partial charge in [0.2, 0.25) is 5.91 Å². The van der Waals surface area contributed by atoms with Crippen LogP contribution in [0.25, 0.3) is 0 Å². The van der Waals surface area contributed by atoms with Gasteiger partial charge in [-0.2, -0.15) is 0 Å². The molecule has 0 heterocycles. The quantitative estimate of drug-likeness (QED) is 0.231. The van der Waals surface area contributed by atoms with E-state index in [0.717, 1.165) is 5.56 Å². The van der Waals surface area contributed by atoms with Crippen LogP contribution in [-0.2, 0) is 9.53 Å². The summed E-state index contributed by atoms with van der Waals surface area (Å²) in [5.41, 5.74) is 0.657. The number of benzene rings is 2. The molecule has 0 saturated heterocycles. The Morgan fingerprint density at radius 1 is 1.14 bits per heavy atom. The maximum atomic E-state index is 12.0. The van der Waals surface area contributed by atoms with Crippen LogP contribution >= 0.6 is 0 Å². The fourth-order valence-corrected chi connectivity index (χ4v) is 2.32. The van der Waals surface area contributed by atoms with Crippen LogP contribution < -0.4 is 10.1 Å². The van der Waals surface area contributed by atoms with Crippen molar-refractivity contribution in [2.45, 2.75) is 18.9 Å². The number of hydrogen-bond acceptors (Lipinski definition) is 6. The van der Waals surface area contributed by atoms with Crippen molar-refractivity contribution in [2.75, 3.05) is 6.61 Å². The Hall–Kier alpha value is -3.68. The lowest BCUT2D eigenvalue weighted by atomic mass is 10.1. The molecule has 8 heteroatoms. The molecule has 146 valence electrons. The lowest BCUT2D eigenvalue weighted by Crippen LogP contribution is -2.32. The highest BCUT2D eigenvalue weighted by atomic mass is 16.7. The average Bonchev–Trinajstić information content (AvgIpc) is 2.70. The molecule has 0 aromatic heterocycles. The number of allylic oxidation sites excluding steroid dienone is 1. The van der Waals surface area contributed by atoms with Gasteiger partial charge < -0.3 is 14.8 Å². The van der Waals surface area contributed by atoms with E-state index in [9.17, 15) is 19.7 Å². The summed E-state index contributed by atoms with van der Waals surface area (Å²) in [6.45, 7) is 3.45. The average molecular weight is 384 g/mol. The molecule has 0 aliphatic carbocycles. The molecule has 0 radical (unpaired) electrons. The van der Waals surface area contributed by atoms with Crippen molar-refractivity contribution in [3.8, 4) is 5.75 Å². The molecular weight excluding hydrogens is 364 g/mol. The number of amides is 1. The third-order valence-electron chi connectivity index (χ3n) is 3.73. The first kappa shape index (κ1) is 20.6. The second-order valence-electron chi connectivity index (χ2n) is 5.77. The van der Waals surface area contributed by atoms with Gasteiger partial charge in [0.05, 0.1) is 11.0 Å². The fourth-order valence-electron chi connectivity index (χ4n) is 2.32. The molecule has 2 aromatic carbocycles. The summed E-state index contributed by atoms with van der Waals surface area (Å²) in [4.78, 5) is 34.0. The van der Waals surface area contributed by atoms with E-state index in [2.05, 4.69) is 11.9 Å². The molecule has 28 heavy (non-hydrogen) atoms. The van der Waals surface area contributed by atoms with Gasteiger partial charge in [0.25, 0.3) is 5.69 Å². The number of nitrogens with zero attached hydrogens (tertiary/aromatic N) is 1. The minimum Gasteiger partial charge on any atom is -0.431 e. The van der Waals surface area contributed by atoms with E-state index in [1.807, 2.05) is 30.3 Å². The highest BCUT2D eigenvalue weighted by Crippen LogP contribution is 2.18. The molecule has 1 N–H and O–H groups in total. The molecule has 0 spiro atoms. The molecule has 1 unspecified atom stereocenters. The molecule has 2 aromatic rings. The van der Waals surface area contributed by atoms with Crippen molar-refractivity contribution in [1.82, 2.24) is 5.32 Å². The van der Waals surface area contributed by atoms with E-state index < -0.39 is 17.1 Å². The second kappa shape index (κ2) is 10.5. The molecule has 0 saturated carbocycles. The SMILES string of the molecule is C=CCCC(=O)NC(COC(=O)Oc1ccc([N+](=O)[O-])cc1)c1ccccc1. The minimum atomic E-state index is -0.977. The maximum absolute atomic E-state index is 12.0. The predicted molar refractivity (Wildman–Crippen MR) is 102 cm³/mol. The highest BCUT2D eigenvalue weighted by Gasteiger charge is 2.18. The summed E-state index contributed by atoms with van der Waals surface area (Å²) in [5.74, 6) is -0.0806. The molecular formula is C20H20N2O6. The van der Waals surface area contributed by atoms with Crippen LogP contribution in [0.4, 0.5) is 10.5 Å². The first-order valence-corrected chi connectivity index (χ1v) is 8.54. The number of nitro benzene ring substituents is 1. The zero-order valence-corrected chi connectivity index (χ0v) is 15.1. The summed E-state index contributed by atoms with van der Waals surface area (Å²) in [5, 5.41) is 13.4. The number of non-ortho nitro benzene ring substituents is 1. The fraction of sp³-hybridized carbons (Fsp3) is 0.200. The zero-order chi connectivity index (χ0) is 20.4. The van der Waals surface area contributed by atoms with E-state index in [-0.39, 0.29) is 30.4 Å². The van der Waals surface area contributed by atoms with Crippen LogP contribution in [0.2, 0.25) is 0 Å². The van der Waals surface area contributed by atoms with Crippen LogP contribution in [0.5, 0.6) is 5.75 Å². The van der Waals surface area contributed by atoms with Crippen LogP contribution in [-0.4, -0.2) is 23.6 Å². The number of rotatable bonds is 9. The van der Waals surface area contributed by atoms with E-state index in [4.69, 9.17) is 9.47 Å². The molecule has 8 nitrogen and oxygen atoms in total. The smallest absolute Gasteiger partial charge is 0.431 e. The van der Waals surface area contributed by atoms with Gasteiger partial charge in [-0.3, -0.25) is 14.9 Å². The lowest BCUT2D eigenvalue weighted by Gasteiger charge is -2.19. The summed E-state index contributed by atoms with van der Waals surface area (Å²) in [6.07, 6.45) is 1.49. The third-order valence-corrected chi connectivity index (χ3v) is 3.73. The van der Waals surface area contributed by atoms with E-state index in [0.29, 0.717) is 6.42 Å². The predicted octanol–water partition coefficient (Wildman–Crippen LogP) is 3.93. The Balaban J connectivity index is 1.95. The first-order chi connectivity index (χ1) is 13.5. The van der Waals surface area contributed by atoms with Crippen molar-refractivity contribution >= 4 is 17.7 Å². The van der Waals surface area contributed by atoms with Gasteiger partial charge in [-0.1, -0.05) is 36.4 Å². The van der Waals surface area contributed by atoms with Crippen molar-refractivity contribution in [3.05, 3.63) is 82.9 Å². The monoisotopic (exact) mass is 384 g/mol. The van der Waals surface area contributed by atoms with Crippen molar-refractivity contribution in [1.29, 1.82) is 0 Å². The zero-order valence-electron chi connectivity index (χ0n) is 15.1. The highest BCUT2D eigenvalue weighted by molar-refractivity contribution is 5.76. The third kappa shape index (κ3) is 6.56. The van der Waals surface area contributed by atoms with Gasteiger partial charge in [-0.25, -0.2) is 4.79 Å². The second-order valence-corrected chi connectivity index (χ2v) is 5.77. The van der Waals surface area contributed by atoms with E-state index in [1.54, 1.807) is 6.08 Å². The normalized spacial score (nSPS) is 11.1. The Kier molecular flexibility index (Phi) is 7.71. The molecule has 1 atom stereocenters. The number of carbonyl (C=O) groups excluding carboxylic acids is 2. The van der Waals surface area contributed by atoms with Crippen molar-refractivity contribution < 1.29 is 24.0 Å². The Labute approximate surface area is 161 Å². The van der Waals surface area contributed by atoms with Gasteiger partial charge in [0.1, 0.15) is 12.4 Å². The number of ether oxygens (including phenoxy) is 2. The maximum Gasteiger partial charge on any atom is 0.513 e. The van der Waals surface area contributed by atoms with Gasteiger partial charge in [0.15, 0.2) is 0 Å². The molecule has 2 rings (SSSR count). The number of nitro groups is 1. The Bertz CT molecular complexity index is 820. The summed E-state index contributed by atoms with van der Waals surface area (Å²) < 4.78 is 10.1. The minimum absolute atomic E-state index is 0.113. The van der Waals surface area contributed by atoms with Gasteiger partial charge in [-0.05, 0) is 24.1 Å². The topological polar surface area (TPSA) is 108 Å². The summed E-state index contributed by atoms with van der Waals surface area (Å²) in [7, 11) is 0. The van der Waals surface area contributed by atoms with Crippen LogP contribution in [0.1, 0.15) is 24.4 Å². The van der Waals surface area contributed by atoms with Crippen molar-refractivity contribution in [2.24, 2.45) is 0 Å². The van der Waals surface area contributed by atoms with Gasteiger partial charge in [-0.15, -0.1) is 6.58 Å². The standard InChI is InChI=1S/C20H20N2O6/c1-2-3-9-19(23)21-18(15-7-5-4-6-8-15)14-27-20(24)28-17-12-10-16(11-13-17)22(25)26/h2,4-8,10-13,18H,1,3,9,14H2,(H,21,23). The number of hydrogen-bond donors (Lipinski definition) is 1. The number of nitrogens with one attached hydrogen (secondary N) is 1. The largest absolute Gasteiger partial charge is 0.513 e. The van der Waals surface area contributed by atoms with Gasteiger partial charge >= 0.3 is 6.16 Å². The Morgan fingerprint density at radius 2 is 1.82 bits per heavy atom. The summed E-state index contributed by atoms with van der Waals surface area (Å²) >= 11 is 0. The first-order valence-electron chi connectivity index (χ1n) is 8.54. The van der Waals surface area contributed by atoms with E-state index in [1.165, 1.54) is 24.3 Å². The van der Waals surface area contributed by atoms with Crippen molar-refractivity contribution in [3.63, 3.8) is 0 Å². The molecule has 0 bridgehead atoms. The van der Waals surface area contributed by atoms with Crippen LogP contribution in [0.3, 0.4) is 0 Å². The molecule has 0 aliphatic heterocycles. The van der Waals surface area contributed by atoms with Crippen LogP contribution in [0.15, 0.2) is 67.3 Å². The lowest BCUT2D eigenvalue weighted by molar-refractivity contribution is -0.384. The van der Waals surface area contributed by atoms with E-state index >= 15 is 0 Å². The van der Waals surface area contributed by atoms with Crippen LogP contribution in [0, 0.1) is 10.1 Å². The molecule has 1 amide bonds. The van der Waals surface area contributed by atoms with Gasteiger partial charge in [0, 0.05) is 18.6 Å². The molecule has 0 fully saturated rings.